The first-order valence-corrected chi connectivity index (χ1v) is 8.46. The van der Waals surface area contributed by atoms with E-state index in [1.165, 1.54) is 6.92 Å². The molecule has 0 atom stereocenters. The number of carbonyl (C=O) groups is 2. The molecule has 0 saturated carbocycles. The van der Waals surface area contributed by atoms with Gasteiger partial charge in [-0.25, -0.2) is 4.79 Å². The van der Waals surface area contributed by atoms with Gasteiger partial charge in [0, 0.05) is 18.3 Å². The van der Waals surface area contributed by atoms with Crippen molar-refractivity contribution in [1.29, 1.82) is 0 Å². The lowest BCUT2D eigenvalue weighted by Gasteiger charge is -2.08. The van der Waals surface area contributed by atoms with Crippen LogP contribution in [-0.4, -0.2) is 18.6 Å². The van der Waals surface area contributed by atoms with Crippen molar-refractivity contribution < 1.29 is 14.3 Å². The topological polar surface area (TPSA) is 67.4 Å². The molecule has 0 aliphatic heterocycles. The molecule has 0 bridgehead atoms. The third-order valence-electron chi connectivity index (χ3n) is 3.61. The van der Waals surface area contributed by atoms with Crippen LogP contribution < -0.4 is 10.6 Å². The van der Waals surface area contributed by atoms with E-state index in [0.29, 0.717) is 12.3 Å². The molecule has 0 radical (unpaired) electrons. The zero-order valence-electron chi connectivity index (χ0n) is 14.7. The SMILES string of the molecule is CCCCOC(=O)Nc1ccc(Cc2ccc(NC(C)=O)cc2)cc1. The normalized spacial score (nSPS) is 10.2. The van der Waals surface area contributed by atoms with E-state index in [-0.39, 0.29) is 5.91 Å². The van der Waals surface area contributed by atoms with Crippen LogP contribution in [0.4, 0.5) is 16.2 Å². The number of carbonyl (C=O) groups excluding carboxylic acids is 2. The molecular weight excluding hydrogens is 316 g/mol. The maximum absolute atomic E-state index is 11.6. The molecule has 132 valence electrons. The average molecular weight is 340 g/mol. The average Bonchev–Trinajstić information content (AvgIpc) is 2.58. The number of benzene rings is 2. The molecule has 0 saturated heterocycles. The molecule has 5 heteroatoms. The van der Waals surface area contributed by atoms with Crippen molar-refractivity contribution in [1.82, 2.24) is 0 Å². The summed E-state index contributed by atoms with van der Waals surface area (Å²) >= 11 is 0. The van der Waals surface area contributed by atoms with Gasteiger partial charge < -0.3 is 10.1 Å². The van der Waals surface area contributed by atoms with Crippen LogP contribution in [0.25, 0.3) is 0 Å². The van der Waals surface area contributed by atoms with E-state index in [0.717, 1.165) is 36.1 Å². The second-order valence-electron chi connectivity index (χ2n) is 5.87. The molecule has 0 unspecified atom stereocenters. The lowest BCUT2D eigenvalue weighted by atomic mass is 10.0. The van der Waals surface area contributed by atoms with E-state index in [1.54, 1.807) is 0 Å². The fourth-order valence-corrected chi connectivity index (χ4v) is 2.31. The zero-order chi connectivity index (χ0) is 18.1. The molecule has 0 spiro atoms. The first-order valence-electron chi connectivity index (χ1n) is 8.46. The van der Waals surface area contributed by atoms with Crippen molar-refractivity contribution in [3.8, 4) is 0 Å². The van der Waals surface area contributed by atoms with Gasteiger partial charge in [0.15, 0.2) is 0 Å². The number of amides is 2. The molecule has 0 aromatic heterocycles. The molecule has 2 rings (SSSR count). The van der Waals surface area contributed by atoms with Gasteiger partial charge >= 0.3 is 6.09 Å². The lowest BCUT2D eigenvalue weighted by Crippen LogP contribution is -2.14. The van der Waals surface area contributed by atoms with Gasteiger partial charge in [-0.1, -0.05) is 37.6 Å². The van der Waals surface area contributed by atoms with E-state index in [4.69, 9.17) is 4.74 Å². The predicted octanol–water partition coefficient (Wildman–Crippen LogP) is 4.58. The Morgan fingerprint density at radius 1 is 0.880 bits per heavy atom. The number of unbranched alkanes of at least 4 members (excludes halogenated alkanes) is 1. The summed E-state index contributed by atoms with van der Waals surface area (Å²) in [6.07, 6.45) is 2.22. The largest absolute Gasteiger partial charge is 0.449 e. The fraction of sp³-hybridized carbons (Fsp3) is 0.300. The molecule has 0 heterocycles. The summed E-state index contributed by atoms with van der Waals surface area (Å²) in [4.78, 5) is 22.6. The number of hydrogen-bond acceptors (Lipinski definition) is 3. The van der Waals surface area contributed by atoms with Crippen molar-refractivity contribution in [3.63, 3.8) is 0 Å². The van der Waals surface area contributed by atoms with E-state index in [9.17, 15) is 9.59 Å². The van der Waals surface area contributed by atoms with E-state index < -0.39 is 6.09 Å². The van der Waals surface area contributed by atoms with Gasteiger partial charge in [0.05, 0.1) is 6.61 Å². The van der Waals surface area contributed by atoms with Crippen LogP contribution in [-0.2, 0) is 16.0 Å². The summed E-state index contributed by atoms with van der Waals surface area (Å²) in [7, 11) is 0. The van der Waals surface area contributed by atoms with Crippen LogP contribution in [0.5, 0.6) is 0 Å². The zero-order valence-corrected chi connectivity index (χ0v) is 14.7. The van der Waals surface area contributed by atoms with Crippen molar-refractivity contribution in [2.45, 2.75) is 33.1 Å². The predicted molar refractivity (Wildman–Crippen MR) is 99.9 cm³/mol. The van der Waals surface area contributed by atoms with Crippen LogP contribution in [0.3, 0.4) is 0 Å². The summed E-state index contributed by atoms with van der Waals surface area (Å²) in [6, 6.07) is 15.4. The third kappa shape index (κ3) is 6.67. The summed E-state index contributed by atoms with van der Waals surface area (Å²) < 4.78 is 5.07. The molecule has 2 amide bonds. The van der Waals surface area contributed by atoms with Gasteiger partial charge in [0.25, 0.3) is 0 Å². The van der Waals surface area contributed by atoms with Crippen LogP contribution in [0.15, 0.2) is 48.5 Å². The molecule has 0 aliphatic rings. The Balaban J connectivity index is 1.87. The minimum absolute atomic E-state index is 0.0796. The maximum atomic E-state index is 11.6. The van der Waals surface area contributed by atoms with E-state index in [1.807, 2.05) is 55.5 Å². The standard InChI is InChI=1S/C20H24N2O3/c1-3-4-13-25-20(24)22-19-11-7-17(8-12-19)14-16-5-9-18(10-6-16)21-15(2)23/h5-12H,3-4,13-14H2,1-2H3,(H,21,23)(H,22,24). The van der Waals surface area contributed by atoms with Crippen LogP contribution in [0.2, 0.25) is 0 Å². The Labute approximate surface area is 148 Å². The molecule has 2 aromatic rings. The van der Waals surface area contributed by atoms with Crippen molar-refractivity contribution >= 4 is 23.4 Å². The van der Waals surface area contributed by atoms with E-state index >= 15 is 0 Å². The van der Waals surface area contributed by atoms with Gasteiger partial charge in [-0.05, 0) is 48.2 Å². The molecule has 2 aromatic carbocycles. The molecule has 5 nitrogen and oxygen atoms in total. The quantitative estimate of drug-likeness (QED) is 0.725. The molecule has 25 heavy (non-hydrogen) atoms. The maximum Gasteiger partial charge on any atom is 0.411 e. The van der Waals surface area contributed by atoms with Gasteiger partial charge in [-0.2, -0.15) is 0 Å². The molecule has 0 aliphatic carbocycles. The molecular formula is C20H24N2O3. The first kappa shape index (κ1) is 18.5. The van der Waals surface area contributed by atoms with Gasteiger partial charge in [0.2, 0.25) is 5.91 Å². The lowest BCUT2D eigenvalue weighted by molar-refractivity contribution is -0.114. The Kier molecular flexibility index (Phi) is 7.01. The highest BCUT2D eigenvalue weighted by Crippen LogP contribution is 2.16. The minimum atomic E-state index is -0.422. The van der Waals surface area contributed by atoms with E-state index in [2.05, 4.69) is 10.6 Å². The van der Waals surface area contributed by atoms with Crippen LogP contribution in [0.1, 0.15) is 37.8 Å². The highest BCUT2D eigenvalue weighted by atomic mass is 16.5. The Morgan fingerprint density at radius 2 is 1.40 bits per heavy atom. The Morgan fingerprint density at radius 3 is 1.88 bits per heavy atom. The number of ether oxygens (including phenoxy) is 1. The minimum Gasteiger partial charge on any atom is -0.449 e. The highest BCUT2D eigenvalue weighted by Gasteiger charge is 2.03. The number of anilines is 2. The Hall–Kier alpha value is -2.82. The number of hydrogen-bond donors (Lipinski definition) is 2. The summed E-state index contributed by atoms with van der Waals surface area (Å²) in [5, 5.41) is 5.46. The first-order chi connectivity index (χ1) is 12.1. The smallest absolute Gasteiger partial charge is 0.411 e. The van der Waals surface area contributed by atoms with Crippen LogP contribution >= 0.6 is 0 Å². The monoisotopic (exact) mass is 340 g/mol. The summed E-state index contributed by atoms with van der Waals surface area (Å²) in [6.45, 7) is 3.98. The fourth-order valence-electron chi connectivity index (χ4n) is 2.31. The second-order valence-corrected chi connectivity index (χ2v) is 5.87. The van der Waals surface area contributed by atoms with Gasteiger partial charge in [-0.3, -0.25) is 10.1 Å². The second kappa shape index (κ2) is 9.47. The summed E-state index contributed by atoms with van der Waals surface area (Å²) in [5.74, 6) is -0.0796. The summed E-state index contributed by atoms with van der Waals surface area (Å²) in [5.41, 5.74) is 3.79. The van der Waals surface area contributed by atoms with Gasteiger partial charge in [-0.15, -0.1) is 0 Å². The van der Waals surface area contributed by atoms with Crippen molar-refractivity contribution in [2.24, 2.45) is 0 Å². The van der Waals surface area contributed by atoms with Gasteiger partial charge in [0.1, 0.15) is 0 Å². The highest BCUT2D eigenvalue weighted by molar-refractivity contribution is 5.88. The number of nitrogens with one attached hydrogen (secondary N) is 2. The Bertz CT molecular complexity index is 694. The molecule has 2 N–H and O–H groups in total. The van der Waals surface area contributed by atoms with Crippen molar-refractivity contribution in [2.75, 3.05) is 17.2 Å². The third-order valence-corrected chi connectivity index (χ3v) is 3.61. The van der Waals surface area contributed by atoms with Crippen molar-refractivity contribution in [3.05, 3.63) is 59.7 Å². The molecule has 0 fully saturated rings. The number of rotatable bonds is 7. The van der Waals surface area contributed by atoms with Crippen LogP contribution in [0, 0.1) is 0 Å².